The number of fused-ring (bicyclic) bond motifs is 2. The van der Waals surface area contributed by atoms with Crippen LogP contribution in [0.15, 0.2) is 96.1 Å². The number of benzene rings is 4. The van der Waals surface area contributed by atoms with Crippen molar-refractivity contribution in [1.82, 2.24) is 4.98 Å². The van der Waals surface area contributed by atoms with Gasteiger partial charge in [0.2, 0.25) is 0 Å². The molecule has 7 heteroatoms. The molecule has 0 amide bonds. The van der Waals surface area contributed by atoms with Crippen molar-refractivity contribution in [3.63, 3.8) is 0 Å². The van der Waals surface area contributed by atoms with Crippen molar-refractivity contribution in [3.8, 4) is 16.9 Å². The molecule has 5 aromatic rings. The highest BCUT2D eigenvalue weighted by Crippen LogP contribution is 2.46. The van der Waals surface area contributed by atoms with Gasteiger partial charge in [0.1, 0.15) is 5.75 Å². The second-order valence-corrected chi connectivity index (χ2v) is 10.1. The first-order valence-corrected chi connectivity index (χ1v) is 13.1. The van der Waals surface area contributed by atoms with Crippen molar-refractivity contribution >= 4 is 38.2 Å². The molecule has 0 saturated heterocycles. The van der Waals surface area contributed by atoms with Crippen LogP contribution in [0, 0.1) is 0 Å². The van der Waals surface area contributed by atoms with E-state index < -0.39 is 0 Å². The van der Waals surface area contributed by atoms with Crippen LogP contribution in [0.2, 0.25) is 0 Å². The summed E-state index contributed by atoms with van der Waals surface area (Å²) in [5, 5.41) is 8.18. The number of hydrogen-bond acceptors (Lipinski definition) is 6. The average molecular weight is 506 g/mol. The monoisotopic (exact) mass is 505 g/mol. The van der Waals surface area contributed by atoms with Gasteiger partial charge < -0.3 is 21.6 Å². The normalized spacial score (nSPS) is 15.6. The molecule has 4 aromatic carbocycles. The molecule has 0 bridgehead atoms. The third-order valence-corrected chi connectivity index (χ3v) is 7.72. The van der Waals surface area contributed by atoms with E-state index in [0.717, 1.165) is 61.9 Å². The van der Waals surface area contributed by atoms with Gasteiger partial charge in [-0.2, -0.15) is 5.10 Å². The summed E-state index contributed by atoms with van der Waals surface area (Å²) >= 11 is 1.63. The van der Waals surface area contributed by atoms with Crippen LogP contribution in [0.4, 0.5) is 10.8 Å². The second-order valence-electron chi connectivity index (χ2n) is 9.07. The predicted octanol–water partition coefficient (Wildman–Crippen LogP) is 6.59. The van der Waals surface area contributed by atoms with Crippen molar-refractivity contribution in [1.29, 1.82) is 0 Å². The summed E-state index contributed by atoms with van der Waals surface area (Å²) in [6.45, 7) is 0.660. The molecule has 1 unspecified atom stereocenters. The number of anilines is 2. The minimum absolute atomic E-state index is 0.197. The molecule has 0 saturated carbocycles. The minimum Gasteiger partial charge on any atom is -0.491 e. The Balaban J connectivity index is 1.56. The van der Waals surface area contributed by atoms with Crippen LogP contribution in [0.25, 0.3) is 21.3 Å². The summed E-state index contributed by atoms with van der Waals surface area (Å²) in [7, 11) is 0. The van der Waals surface area contributed by atoms with Crippen LogP contribution in [0.5, 0.6) is 5.75 Å². The van der Waals surface area contributed by atoms with E-state index >= 15 is 0 Å². The molecule has 0 radical (unpaired) electrons. The van der Waals surface area contributed by atoms with Crippen LogP contribution in [-0.2, 0) is 0 Å². The van der Waals surface area contributed by atoms with E-state index in [4.69, 9.17) is 21.3 Å². The number of hydrogen-bond donors (Lipinski definition) is 3. The number of amidine groups is 1. The summed E-state index contributed by atoms with van der Waals surface area (Å²) in [4.78, 5) is 4.82. The van der Waals surface area contributed by atoms with E-state index in [2.05, 4.69) is 58.9 Å². The van der Waals surface area contributed by atoms with E-state index in [0.29, 0.717) is 12.4 Å². The fraction of sp³-hybridized carbons (Fsp3) is 0.133. The first kappa shape index (κ1) is 23.1. The van der Waals surface area contributed by atoms with Crippen LogP contribution < -0.4 is 21.6 Å². The van der Waals surface area contributed by atoms with Gasteiger partial charge in [-0.05, 0) is 53.8 Å². The summed E-state index contributed by atoms with van der Waals surface area (Å²) in [5.74, 6) is 6.93. The maximum atomic E-state index is 6.41. The molecular weight excluding hydrogens is 478 g/mol. The van der Waals surface area contributed by atoms with Gasteiger partial charge in [0, 0.05) is 17.0 Å². The molecule has 6 nitrogen and oxygen atoms in total. The number of hydrazone groups is 1. The smallest absolute Gasteiger partial charge is 0.188 e. The van der Waals surface area contributed by atoms with Crippen molar-refractivity contribution < 1.29 is 4.74 Å². The molecule has 0 fully saturated rings. The van der Waals surface area contributed by atoms with Gasteiger partial charge in [0.15, 0.2) is 11.0 Å². The summed E-state index contributed by atoms with van der Waals surface area (Å²) in [6, 6.07) is 31.1. The fourth-order valence-corrected chi connectivity index (χ4v) is 5.92. The van der Waals surface area contributed by atoms with Gasteiger partial charge in [-0.1, -0.05) is 78.1 Å². The van der Waals surface area contributed by atoms with Gasteiger partial charge in [0.25, 0.3) is 0 Å². The molecular formula is C30H27N5OS. The fourth-order valence-electron chi connectivity index (χ4n) is 5.04. The molecule has 1 aliphatic heterocycles. The Morgan fingerprint density at radius 3 is 2.59 bits per heavy atom. The molecule has 1 aliphatic rings. The Labute approximate surface area is 219 Å². The highest BCUT2D eigenvalue weighted by atomic mass is 32.1. The van der Waals surface area contributed by atoms with Crippen LogP contribution >= 0.6 is 11.3 Å². The number of rotatable bonds is 5. The molecule has 37 heavy (non-hydrogen) atoms. The number of nitrogens with zero attached hydrogens (tertiary/aromatic N) is 2. The Morgan fingerprint density at radius 2 is 1.76 bits per heavy atom. The van der Waals surface area contributed by atoms with Crippen molar-refractivity contribution in [3.05, 3.63) is 108 Å². The first-order valence-electron chi connectivity index (χ1n) is 12.3. The van der Waals surface area contributed by atoms with Gasteiger partial charge in [-0.3, -0.25) is 0 Å². The van der Waals surface area contributed by atoms with E-state index in [1.54, 1.807) is 11.3 Å². The number of para-hydroxylation sites is 1. The molecule has 0 aliphatic carbocycles. The molecule has 2 heterocycles. The number of ether oxygens (including phenoxy) is 1. The zero-order valence-electron chi connectivity index (χ0n) is 20.2. The molecule has 0 spiro atoms. The summed E-state index contributed by atoms with van der Waals surface area (Å²) in [5.41, 5.74) is 13.2. The van der Waals surface area contributed by atoms with Crippen molar-refractivity contribution in [2.75, 3.05) is 11.9 Å². The van der Waals surface area contributed by atoms with E-state index in [1.807, 2.05) is 42.5 Å². The number of nitrogens with two attached hydrogens (primary N) is 2. The van der Waals surface area contributed by atoms with Gasteiger partial charge in [0.05, 0.1) is 22.5 Å². The van der Waals surface area contributed by atoms with Crippen LogP contribution in [-0.4, -0.2) is 17.4 Å². The van der Waals surface area contributed by atoms with E-state index in [-0.39, 0.29) is 5.92 Å². The lowest BCUT2D eigenvalue weighted by molar-refractivity contribution is 0.318. The molecule has 5 N–H and O–H groups in total. The minimum atomic E-state index is 0.197. The standard InChI is InChI=1S/C30H27N5OS/c31-29(35-32)23-12-5-4-11-22(23)20-17-24-21(19-9-2-1-3-10-19)13-8-16-36-28(24)26(18-20)34-30-33-25-14-6-7-15-27(25)37-30/h1-7,9-12,14-15,17-18,21H,8,13,16,32H2,(H2,31,35)(H,33,34). The maximum absolute atomic E-state index is 6.41. The number of aromatic nitrogens is 1. The molecule has 1 aromatic heterocycles. The Hall–Kier alpha value is -4.36. The zero-order valence-corrected chi connectivity index (χ0v) is 21.0. The van der Waals surface area contributed by atoms with Crippen LogP contribution in [0.3, 0.4) is 0 Å². The lowest BCUT2D eigenvalue weighted by Crippen LogP contribution is -2.16. The van der Waals surface area contributed by atoms with E-state index in [1.165, 1.54) is 5.56 Å². The Kier molecular flexibility index (Phi) is 6.20. The second kappa shape index (κ2) is 9.95. The largest absolute Gasteiger partial charge is 0.491 e. The number of thiazole rings is 1. The summed E-state index contributed by atoms with van der Waals surface area (Å²) in [6.07, 6.45) is 1.96. The molecule has 6 rings (SSSR count). The molecule has 1 atom stereocenters. The highest BCUT2D eigenvalue weighted by molar-refractivity contribution is 7.22. The first-order chi connectivity index (χ1) is 18.2. The Morgan fingerprint density at radius 1 is 0.973 bits per heavy atom. The number of nitrogens with one attached hydrogen (secondary N) is 1. The third-order valence-electron chi connectivity index (χ3n) is 6.77. The maximum Gasteiger partial charge on any atom is 0.188 e. The van der Waals surface area contributed by atoms with Crippen molar-refractivity contribution in [2.45, 2.75) is 18.8 Å². The lowest BCUT2D eigenvalue weighted by atomic mass is 9.85. The highest BCUT2D eigenvalue weighted by Gasteiger charge is 2.26. The van der Waals surface area contributed by atoms with Gasteiger partial charge in [-0.25, -0.2) is 4.98 Å². The van der Waals surface area contributed by atoms with E-state index in [9.17, 15) is 0 Å². The van der Waals surface area contributed by atoms with Gasteiger partial charge in [-0.15, -0.1) is 0 Å². The average Bonchev–Trinajstić information content (AvgIpc) is 3.23. The topological polar surface area (TPSA) is 98.5 Å². The lowest BCUT2D eigenvalue weighted by Gasteiger charge is -2.22. The Bertz CT molecular complexity index is 1560. The molecule has 184 valence electrons. The zero-order chi connectivity index (χ0) is 25.2. The third kappa shape index (κ3) is 4.49. The van der Waals surface area contributed by atoms with Crippen LogP contribution in [0.1, 0.15) is 35.4 Å². The predicted molar refractivity (Wildman–Crippen MR) is 153 cm³/mol. The van der Waals surface area contributed by atoms with Crippen molar-refractivity contribution in [2.24, 2.45) is 16.7 Å². The SMILES string of the molecule is N/N=C(\N)c1ccccc1-c1cc(Nc2nc3ccccc3s2)c2c(c1)C(c1ccccc1)CCCO2. The van der Waals surface area contributed by atoms with Gasteiger partial charge >= 0.3 is 0 Å². The summed E-state index contributed by atoms with van der Waals surface area (Å²) < 4.78 is 7.55. The quantitative estimate of drug-likeness (QED) is 0.108.